The third-order valence-corrected chi connectivity index (χ3v) is 3.27. The van der Waals surface area contributed by atoms with Gasteiger partial charge in [0.1, 0.15) is 6.61 Å². The first-order valence-electron chi connectivity index (χ1n) is 6.91. The Morgan fingerprint density at radius 3 is 2.45 bits per heavy atom. The SMILES string of the molecule is C#CCOCc1cccc(-c2cccc(C(C)C)c2)c1. The molecule has 0 bridgehead atoms. The monoisotopic (exact) mass is 264 g/mol. The highest BCUT2D eigenvalue weighted by atomic mass is 16.5. The van der Waals surface area contributed by atoms with Gasteiger partial charge in [-0.15, -0.1) is 6.42 Å². The van der Waals surface area contributed by atoms with Crippen molar-refractivity contribution >= 4 is 0 Å². The number of hydrogen-bond acceptors (Lipinski definition) is 1. The Hall–Kier alpha value is -2.04. The van der Waals surface area contributed by atoms with Crippen LogP contribution in [0, 0.1) is 12.3 Å². The van der Waals surface area contributed by atoms with E-state index in [-0.39, 0.29) is 0 Å². The van der Waals surface area contributed by atoms with Gasteiger partial charge in [-0.3, -0.25) is 0 Å². The largest absolute Gasteiger partial charge is 0.364 e. The first kappa shape index (κ1) is 14.4. The van der Waals surface area contributed by atoms with E-state index in [1.54, 1.807) is 0 Å². The van der Waals surface area contributed by atoms with Crippen LogP contribution in [0.15, 0.2) is 48.5 Å². The van der Waals surface area contributed by atoms with Gasteiger partial charge in [-0.25, -0.2) is 0 Å². The number of ether oxygens (including phenoxy) is 1. The van der Waals surface area contributed by atoms with E-state index in [0.717, 1.165) is 5.56 Å². The molecule has 1 nitrogen and oxygen atoms in total. The van der Waals surface area contributed by atoms with Gasteiger partial charge in [0.2, 0.25) is 0 Å². The van der Waals surface area contributed by atoms with Crippen LogP contribution in [0.4, 0.5) is 0 Å². The topological polar surface area (TPSA) is 9.23 Å². The lowest BCUT2D eigenvalue weighted by Gasteiger charge is -2.09. The average molecular weight is 264 g/mol. The van der Waals surface area contributed by atoms with Crippen LogP contribution in [0.5, 0.6) is 0 Å². The predicted octanol–water partition coefficient (Wildman–Crippen LogP) is 4.63. The molecule has 0 saturated carbocycles. The minimum absolute atomic E-state index is 0.354. The van der Waals surface area contributed by atoms with Crippen molar-refractivity contribution in [2.24, 2.45) is 0 Å². The van der Waals surface area contributed by atoms with E-state index in [4.69, 9.17) is 11.2 Å². The normalized spacial score (nSPS) is 10.5. The minimum Gasteiger partial charge on any atom is -0.364 e. The highest BCUT2D eigenvalue weighted by Gasteiger charge is 2.03. The van der Waals surface area contributed by atoms with Crippen LogP contribution in [0.25, 0.3) is 11.1 Å². The second-order valence-electron chi connectivity index (χ2n) is 5.18. The van der Waals surface area contributed by atoms with E-state index in [9.17, 15) is 0 Å². The Morgan fingerprint density at radius 2 is 1.75 bits per heavy atom. The summed E-state index contributed by atoms with van der Waals surface area (Å²) >= 11 is 0. The fraction of sp³-hybridized carbons (Fsp3) is 0.263. The van der Waals surface area contributed by atoms with Gasteiger partial charge in [-0.2, -0.15) is 0 Å². The minimum atomic E-state index is 0.354. The molecule has 0 aliphatic rings. The van der Waals surface area contributed by atoms with E-state index in [1.165, 1.54) is 16.7 Å². The van der Waals surface area contributed by atoms with Crippen LogP contribution in [-0.2, 0) is 11.3 Å². The average Bonchev–Trinajstić information content (AvgIpc) is 2.48. The van der Waals surface area contributed by atoms with Crippen molar-refractivity contribution in [3.05, 3.63) is 59.7 Å². The van der Waals surface area contributed by atoms with Crippen molar-refractivity contribution in [3.8, 4) is 23.5 Å². The van der Waals surface area contributed by atoms with Gasteiger partial charge in [0.15, 0.2) is 0 Å². The van der Waals surface area contributed by atoms with Crippen molar-refractivity contribution in [3.63, 3.8) is 0 Å². The molecule has 20 heavy (non-hydrogen) atoms. The van der Waals surface area contributed by atoms with E-state index >= 15 is 0 Å². The Balaban J connectivity index is 2.22. The van der Waals surface area contributed by atoms with Crippen LogP contribution < -0.4 is 0 Å². The first-order valence-corrected chi connectivity index (χ1v) is 6.91. The third kappa shape index (κ3) is 3.73. The predicted molar refractivity (Wildman–Crippen MR) is 84.5 cm³/mol. The van der Waals surface area contributed by atoms with Crippen LogP contribution in [-0.4, -0.2) is 6.61 Å². The van der Waals surface area contributed by atoms with E-state index in [1.807, 2.05) is 0 Å². The summed E-state index contributed by atoms with van der Waals surface area (Å²) in [5.74, 6) is 3.02. The lowest BCUT2D eigenvalue weighted by molar-refractivity contribution is 0.153. The molecule has 102 valence electrons. The smallest absolute Gasteiger partial charge is 0.107 e. The number of benzene rings is 2. The zero-order chi connectivity index (χ0) is 14.4. The maximum Gasteiger partial charge on any atom is 0.107 e. The summed E-state index contributed by atoms with van der Waals surface area (Å²) in [6, 6.07) is 17.1. The van der Waals surface area contributed by atoms with Gasteiger partial charge >= 0.3 is 0 Å². The van der Waals surface area contributed by atoms with E-state index < -0.39 is 0 Å². The molecule has 0 N–H and O–H groups in total. The summed E-state index contributed by atoms with van der Waals surface area (Å²) in [6.07, 6.45) is 5.18. The Kier molecular flexibility index (Phi) is 4.98. The summed E-state index contributed by atoms with van der Waals surface area (Å²) < 4.78 is 5.39. The number of terminal acetylenes is 1. The van der Waals surface area contributed by atoms with Crippen molar-refractivity contribution in [1.29, 1.82) is 0 Å². The van der Waals surface area contributed by atoms with Crippen LogP contribution >= 0.6 is 0 Å². The maximum absolute atomic E-state index is 5.39. The highest BCUT2D eigenvalue weighted by molar-refractivity contribution is 5.65. The first-order chi connectivity index (χ1) is 9.70. The second kappa shape index (κ2) is 6.93. The molecule has 0 atom stereocenters. The van der Waals surface area contributed by atoms with Crippen LogP contribution in [0.3, 0.4) is 0 Å². The number of rotatable bonds is 5. The Morgan fingerprint density at radius 1 is 1.05 bits per heavy atom. The molecule has 0 fully saturated rings. The molecule has 0 amide bonds. The second-order valence-corrected chi connectivity index (χ2v) is 5.18. The van der Waals surface area contributed by atoms with Crippen molar-refractivity contribution in [2.75, 3.05) is 6.61 Å². The van der Waals surface area contributed by atoms with Crippen LogP contribution in [0.1, 0.15) is 30.9 Å². The Bertz CT molecular complexity index is 605. The van der Waals surface area contributed by atoms with Gasteiger partial charge < -0.3 is 4.74 Å². The lowest BCUT2D eigenvalue weighted by Crippen LogP contribution is -1.93. The molecule has 0 aliphatic heterocycles. The molecule has 0 aromatic heterocycles. The molecule has 0 radical (unpaired) electrons. The lowest BCUT2D eigenvalue weighted by atomic mass is 9.97. The molecule has 2 aromatic carbocycles. The Labute approximate surface area is 121 Å². The molecule has 0 heterocycles. The quantitative estimate of drug-likeness (QED) is 0.565. The molecule has 2 rings (SSSR count). The van der Waals surface area contributed by atoms with Crippen LogP contribution in [0.2, 0.25) is 0 Å². The van der Waals surface area contributed by atoms with E-state index in [2.05, 4.69) is 68.3 Å². The molecule has 0 spiro atoms. The highest BCUT2D eigenvalue weighted by Crippen LogP contribution is 2.24. The van der Waals surface area contributed by atoms with Gasteiger partial charge in [-0.1, -0.05) is 62.2 Å². The fourth-order valence-corrected chi connectivity index (χ4v) is 2.15. The van der Waals surface area contributed by atoms with Gasteiger partial charge in [0.25, 0.3) is 0 Å². The van der Waals surface area contributed by atoms with E-state index in [0.29, 0.717) is 19.1 Å². The fourth-order valence-electron chi connectivity index (χ4n) is 2.15. The molecule has 0 saturated heterocycles. The summed E-state index contributed by atoms with van der Waals surface area (Å²) in [5, 5.41) is 0. The molecule has 0 unspecified atom stereocenters. The molecule has 1 heteroatoms. The standard InChI is InChI=1S/C19H20O/c1-4-11-20-14-16-7-5-9-18(12-16)19-10-6-8-17(13-19)15(2)3/h1,5-10,12-13,15H,11,14H2,2-3H3. The summed E-state index contributed by atoms with van der Waals surface area (Å²) in [7, 11) is 0. The van der Waals surface area contributed by atoms with Crippen molar-refractivity contribution in [2.45, 2.75) is 26.4 Å². The molecular weight excluding hydrogens is 244 g/mol. The molecule has 2 aromatic rings. The van der Waals surface area contributed by atoms with Crippen molar-refractivity contribution < 1.29 is 4.74 Å². The molecular formula is C19H20O. The third-order valence-electron chi connectivity index (χ3n) is 3.27. The summed E-state index contributed by atoms with van der Waals surface area (Å²) in [6.45, 7) is 5.33. The maximum atomic E-state index is 5.39. The zero-order valence-electron chi connectivity index (χ0n) is 12.1. The van der Waals surface area contributed by atoms with Crippen molar-refractivity contribution in [1.82, 2.24) is 0 Å². The zero-order valence-corrected chi connectivity index (χ0v) is 12.1. The molecule has 0 aliphatic carbocycles. The summed E-state index contributed by atoms with van der Waals surface area (Å²) in [4.78, 5) is 0. The summed E-state index contributed by atoms with van der Waals surface area (Å²) in [5.41, 5.74) is 4.97. The van der Waals surface area contributed by atoms with Gasteiger partial charge in [0.05, 0.1) is 6.61 Å². The van der Waals surface area contributed by atoms with Gasteiger partial charge in [-0.05, 0) is 34.2 Å². The number of hydrogen-bond donors (Lipinski definition) is 0. The van der Waals surface area contributed by atoms with Gasteiger partial charge in [0, 0.05) is 0 Å².